The Morgan fingerprint density at radius 2 is 2.41 bits per heavy atom. The van der Waals surface area contributed by atoms with E-state index >= 15 is 0 Å². The highest BCUT2D eigenvalue weighted by atomic mass is 35.5. The molecule has 0 aliphatic heterocycles. The third-order valence-electron chi connectivity index (χ3n) is 3.13. The maximum Gasteiger partial charge on any atom is 0.287 e. The summed E-state index contributed by atoms with van der Waals surface area (Å²) in [5, 5.41) is 16.0. The monoisotopic (exact) mass is 257 g/mol. The fourth-order valence-electron chi connectivity index (χ4n) is 1.77. The SMILES string of the molecule is CC1CC1CNc1cnn(CCO)c(=O)c1Cl. The molecule has 0 bridgehead atoms. The quantitative estimate of drug-likeness (QED) is 0.825. The van der Waals surface area contributed by atoms with Crippen LogP contribution < -0.4 is 10.9 Å². The maximum absolute atomic E-state index is 11.7. The van der Waals surface area contributed by atoms with E-state index in [2.05, 4.69) is 17.3 Å². The van der Waals surface area contributed by atoms with Crippen LogP contribution in [0.15, 0.2) is 11.0 Å². The number of hydrogen-bond acceptors (Lipinski definition) is 4. The van der Waals surface area contributed by atoms with Gasteiger partial charge in [-0.3, -0.25) is 4.79 Å². The third kappa shape index (κ3) is 2.79. The molecule has 17 heavy (non-hydrogen) atoms. The molecule has 2 unspecified atom stereocenters. The highest BCUT2D eigenvalue weighted by Crippen LogP contribution is 2.37. The van der Waals surface area contributed by atoms with Crippen LogP contribution in [0.2, 0.25) is 5.02 Å². The highest BCUT2D eigenvalue weighted by molar-refractivity contribution is 6.32. The van der Waals surface area contributed by atoms with E-state index in [9.17, 15) is 4.79 Å². The molecule has 0 spiro atoms. The number of rotatable bonds is 5. The summed E-state index contributed by atoms with van der Waals surface area (Å²) < 4.78 is 1.16. The van der Waals surface area contributed by atoms with E-state index in [0.29, 0.717) is 11.6 Å². The molecular weight excluding hydrogens is 242 g/mol. The van der Waals surface area contributed by atoms with Crippen LogP contribution in [0.5, 0.6) is 0 Å². The second-order valence-electron chi connectivity index (χ2n) is 4.48. The van der Waals surface area contributed by atoms with Crippen molar-refractivity contribution in [3.63, 3.8) is 0 Å². The minimum atomic E-state index is -0.366. The Kier molecular flexibility index (Phi) is 3.69. The minimum Gasteiger partial charge on any atom is -0.394 e. The first-order valence-corrected chi connectivity index (χ1v) is 6.11. The largest absolute Gasteiger partial charge is 0.394 e. The number of aromatic nitrogens is 2. The predicted molar refractivity (Wildman–Crippen MR) is 66.4 cm³/mol. The van der Waals surface area contributed by atoms with Gasteiger partial charge in [0.1, 0.15) is 5.02 Å². The molecule has 2 rings (SSSR count). The van der Waals surface area contributed by atoms with Crippen molar-refractivity contribution >= 4 is 17.3 Å². The van der Waals surface area contributed by atoms with E-state index in [1.54, 1.807) is 0 Å². The first-order chi connectivity index (χ1) is 8.13. The van der Waals surface area contributed by atoms with Gasteiger partial charge in [-0.15, -0.1) is 0 Å². The number of anilines is 1. The molecule has 0 radical (unpaired) electrons. The molecule has 2 N–H and O–H groups in total. The lowest BCUT2D eigenvalue weighted by Crippen LogP contribution is -2.25. The van der Waals surface area contributed by atoms with Crippen molar-refractivity contribution in [2.75, 3.05) is 18.5 Å². The van der Waals surface area contributed by atoms with Gasteiger partial charge in [-0.25, -0.2) is 4.68 Å². The zero-order chi connectivity index (χ0) is 12.4. The van der Waals surface area contributed by atoms with Gasteiger partial charge >= 0.3 is 0 Å². The summed E-state index contributed by atoms with van der Waals surface area (Å²) in [6.45, 7) is 3.06. The Bertz CT molecular complexity index is 461. The fraction of sp³-hybridized carbons (Fsp3) is 0.636. The van der Waals surface area contributed by atoms with Crippen molar-refractivity contribution in [3.8, 4) is 0 Å². The number of aliphatic hydroxyl groups excluding tert-OH is 1. The first-order valence-electron chi connectivity index (χ1n) is 5.74. The molecule has 1 fully saturated rings. The van der Waals surface area contributed by atoms with Gasteiger partial charge in [0.15, 0.2) is 0 Å². The summed E-state index contributed by atoms with van der Waals surface area (Å²) >= 11 is 5.96. The average Bonchev–Trinajstić information content (AvgIpc) is 3.01. The topological polar surface area (TPSA) is 67.2 Å². The van der Waals surface area contributed by atoms with E-state index in [1.807, 2.05) is 0 Å². The summed E-state index contributed by atoms with van der Waals surface area (Å²) in [7, 11) is 0. The van der Waals surface area contributed by atoms with Crippen molar-refractivity contribution < 1.29 is 5.11 Å². The summed E-state index contributed by atoms with van der Waals surface area (Å²) in [5.74, 6) is 1.43. The Hall–Kier alpha value is -1.07. The van der Waals surface area contributed by atoms with E-state index < -0.39 is 0 Å². The van der Waals surface area contributed by atoms with Crippen molar-refractivity contribution in [2.24, 2.45) is 11.8 Å². The number of nitrogens with one attached hydrogen (secondary N) is 1. The predicted octanol–water partition coefficient (Wildman–Crippen LogP) is 0.957. The summed E-state index contributed by atoms with van der Waals surface area (Å²) in [6, 6.07) is 0. The first kappa shape index (κ1) is 12.4. The minimum absolute atomic E-state index is 0.129. The van der Waals surface area contributed by atoms with Gasteiger partial charge in [-0.1, -0.05) is 18.5 Å². The number of hydrogen-bond donors (Lipinski definition) is 2. The molecule has 1 aliphatic carbocycles. The van der Waals surface area contributed by atoms with Crippen molar-refractivity contribution in [1.82, 2.24) is 9.78 Å². The van der Waals surface area contributed by atoms with Gasteiger partial charge in [0.2, 0.25) is 0 Å². The second kappa shape index (κ2) is 5.06. The van der Waals surface area contributed by atoms with Gasteiger partial charge in [0.25, 0.3) is 5.56 Å². The Balaban J connectivity index is 2.07. The lowest BCUT2D eigenvalue weighted by Gasteiger charge is -2.09. The lowest BCUT2D eigenvalue weighted by atomic mass is 10.3. The molecular formula is C11H16ClN3O2. The molecule has 1 aromatic heterocycles. The molecule has 6 heteroatoms. The zero-order valence-electron chi connectivity index (χ0n) is 9.69. The smallest absolute Gasteiger partial charge is 0.287 e. The average molecular weight is 258 g/mol. The van der Waals surface area contributed by atoms with Crippen LogP contribution in [0.25, 0.3) is 0 Å². The van der Waals surface area contributed by atoms with E-state index in [-0.39, 0.29) is 23.7 Å². The van der Waals surface area contributed by atoms with Crippen molar-refractivity contribution in [3.05, 3.63) is 21.6 Å². The van der Waals surface area contributed by atoms with Crippen LogP contribution in [0.3, 0.4) is 0 Å². The van der Waals surface area contributed by atoms with E-state index in [0.717, 1.165) is 17.1 Å². The number of halogens is 1. The van der Waals surface area contributed by atoms with Crippen LogP contribution in [-0.4, -0.2) is 28.0 Å². The molecule has 94 valence electrons. The van der Waals surface area contributed by atoms with E-state index in [4.69, 9.17) is 16.7 Å². The van der Waals surface area contributed by atoms with Gasteiger partial charge in [-0.2, -0.15) is 5.10 Å². The van der Waals surface area contributed by atoms with E-state index in [1.165, 1.54) is 12.6 Å². The molecule has 5 nitrogen and oxygen atoms in total. The molecule has 1 aliphatic rings. The lowest BCUT2D eigenvalue weighted by molar-refractivity contribution is 0.266. The van der Waals surface area contributed by atoms with Gasteiger partial charge in [0, 0.05) is 6.54 Å². The van der Waals surface area contributed by atoms with Crippen LogP contribution in [-0.2, 0) is 6.54 Å². The Morgan fingerprint density at radius 3 is 3.00 bits per heavy atom. The summed E-state index contributed by atoms with van der Waals surface area (Å²) in [5.41, 5.74) is 0.208. The van der Waals surface area contributed by atoms with Crippen molar-refractivity contribution in [1.29, 1.82) is 0 Å². The van der Waals surface area contributed by atoms with Crippen LogP contribution >= 0.6 is 11.6 Å². The Morgan fingerprint density at radius 1 is 1.71 bits per heavy atom. The summed E-state index contributed by atoms with van der Waals surface area (Å²) in [6.07, 6.45) is 2.76. The molecule has 1 aromatic rings. The molecule has 2 atom stereocenters. The molecule has 0 aromatic carbocycles. The van der Waals surface area contributed by atoms with Gasteiger partial charge in [0.05, 0.1) is 25.0 Å². The van der Waals surface area contributed by atoms with Gasteiger partial charge in [-0.05, 0) is 18.3 Å². The van der Waals surface area contributed by atoms with Crippen LogP contribution in [0.4, 0.5) is 5.69 Å². The molecule has 1 heterocycles. The molecule has 1 saturated carbocycles. The Labute approximate surface area is 104 Å². The fourth-order valence-corrected chi connectivity index (χ4v) is 1.98. The molecule has 0 saturated heterocycles. The zero-order valence-corrected chi connectivity index (χ0v) is 10.4. The highest BCUT2D eigenvalue weighted by Gasteiger charge is 2.32. The number of aliphatic hydroxyl groups is 1. The number of nitrogens with zero attached hydrogens (tertiary/aromatic N) is 2. The van der Waals surface area contributed by atoms with Crippen molar-refractivity contribution in [2.45, 2.75) is 19.9 Å². The maximum atomic E-state index is 11.7. The normalized spacial score (nSPS) is 22.5. The van der Waals surface area contributed by atoms with Crippen LogP contribution in [0, 0.1) is 11.8 Å². The van der Waals surface area contributed by atoms with Crippen LogP contribution in [0.1, 0.15) is 13.3 Å². The summed E-state index contributed by atoms with van der Waals surface area (Å²) in [4.78, 5) is 11.7. The van der Waals surface area contributed by atoms with Gasteiger partial charge < -0.3 is 10.4 Å². The molecule has 0 amide bonds. The third-order valence-corrected chi connectivity index (χ3v) is 3.49. The second-order valence-corrected chi connectivity index (χ2v) is 4.86. The standard InChI is InChI=1S/C11H16ClN3O2/c1-7-4-8(7)5-13-9-6-14-15(2-3-16)11(17)10(9)12/h6-8,13,16H,2-5H2,1H3.